The second-order valence-corrected chi connectivity index (χ2v) is 11.5. The number of hydrogen-bond donors (Lipinski definition) is 0. The van der Waals surface area contributed by atoms with Crippen molar-refractivity contribution in [1.29, 1.82) is 0 Å². The highest BCUT2D eigenvalue weighted by Crippen LogP contribution is 2.40. The minimum Gasteiger partial charge on any atom is -0.266 e. The SMILES string of the molecule is CC(C)[Si](c1ccccn1)(C(C)C)C(C)C. The Hall–Kier alpha value is -0.633. The number of hydrogen-bond acceptors (Lipinski definition) is 1. The van der Waals surface area contributed by atoms with Crippen molar-refractivity contribution in [1.82, 2.24) is 4.98 Å². The maximum atomic E-state index is 4.68. The molecule has 0 fully saturated rings. The molecule has 0 atom stereocenters. The van der Waals surface area contributed by atoms with Crippen molar-refractivity contribution in [2.75, 3.05) is 0 Å². The first kappa shape index (κ1) is 13.4. The molecule has 1 aromatic heterocycles. The van der Waals surface area contributed by atoms with Crippen LogP contribution in [0.2, 0.25) is 16.6 Å². The Kier molecular flexibility index (Phi) is 4.31. The number of nitrogens with zero attached hydrogens (tertiary/aromatic N) is 1. The summed E-state index contributed by atoms with van der Waals surface area (Å²) >= 11 is 0. The minimum absolute atomic E-state index is 0.738. The lowest BCUT2D eigenvalue weighted by atomic mass is 10.5. The van der Waals surface area contributed by atoms with E-state index in [4.69, 9.17) is 0 Å². The van der Waals surface area contributed by atoms with E-state index >= 15 is 0 Å². The fourth-order valence-corrected chi connectivity index (χ4v) is 9.96. The van der Waals surface area contributed by atoms with Crippen molar-refractivity contribution in [2.45, 2.75) is 58.2 Å². The van der Waals surface area contributed by atoms with Crippen LogP contribution in [-0.2, 0) is 0 Å². The molecule has 0 radical (unpaired) electrons. The van der Waals surface area contributed by atoms with Gasteiger partial charge < -0.3 is 0 Å². The van der Waals surface area contributed by atoms with Gasteiger partial charge in [-0.2, -0.15) is 0 Å². The fraction of sp³-hybridized carbons (Fsp3) is 0.643. The number of rotatable bonds is 4. The molecule has 0 saturated heterocycles. The second-order valence-electron chi connectivity index (χ2n) is 5.61. The predicted octanol–water partition coefficient (Wildman–Crippen LogP) is 3.97. The van der Waals surface area contributed by atoms with E-state index in [1.54, 1.807) is 0 Å². The van der Waals surface area contributed by atoms with Crippen molar-refractivity contribution in [3.05, 3.63) is 24.4 Å². The zero-order valence-corrected chi connectivity index (χ0v) is 12.5. The van der Waals surface area contributed by atoms with E-state index in [-0.39, 0.29) is 0 Å². The Balaban J connectivity index is 3.34. The van der Waals surface area contributed by atoms with E-state index in [0.29, 0.717) is 0 Å². The molecular weight excluding hydrogens is 210 g/mol. The third-order valence-corrected chi connectivity index (χ3v) is 10.9. The summed E-state index contributed by atoms with van der Waals surface area (Å²) in [6.45, 7) is 14.3. The molecule has 1 aromatic rings. The van der Waals surface area contributed by atoms with Gasteiger partial charge in [0, 0.05) is 11.5 Å². The molecule has 0 spiro atoms. The number of pyridine rings is 1. The van der Waals surface area contributed by atoms with Crippen LogP contribution in [0.3, 0.4) is 0 Å². The van der Waals surface area contributed by atoms with Gasteiger partial charge in [0.15, 0.2) is 0 Å². The van der Waals surface area contributed by atoms with Crippen LogP contribution >= 0.6 is 0 Å². The molecule has 0 N–H and O–H groups in total. The molecule has 1 heterocycles. The van der Waals surface area contributed by atoms with Crippen LogP contribution in [0.4, 0.5) is 0 Å². The van der Waals surface area contributed by atoms with Crippen LogP contribution in [0.5, 0.6) is 0 Å². The lowest BCUT2D eigenvalue weighted by molar-refractivity contribution is 0.830. The topological polar surface area (TPSA) is 12.9 Å². The number of aromatic nitrogens is 1. The Morgan fingerprint density at radius 1 is 0.875 bits per heavy atom. The molecule has 0 amide bonds. The Morgan fingerprint density at radius 3 is 1.69 bits per heavy atom. The van der Waals surface area contributed by atoms with Gasteiger partial charge >= 0.3 is 0 Å². The summed E-state index contributed by atoms with van der Waals surface area (Å²) in [5, 5.41) is 1.38. The van der Waals surface area contributed by atoms with E-state index in [1.165, 1.54) is 5.32 Å². The molecule has 90 valence electrons. The average Bonchev–Trinajstić information content (AvgIpc) is 2.18. The van der Waals surface area contributed by atoms with Gasteiger partial charge in [-0.3, -0.25) is 4.98 Å². The lowest BCUT2D eigenvalue weighted by Gasteiger charge is -2.42. The van der Waals surface area contributed by atoms with E-state index in [9.17, 15) is 0 Å². The molecule has 0 aliphatic carbocycles. The van der Waals surface area contributed by atoms with Gasteiger partial charge in [0.05, 0.1) is 0 Å². The summed E-state index contributed by atoms with van der Waals surface area (Å²) in [6, 6.07) is 6.40. The summed E-state index contributed by atoms with van der Waals surface area (Å²) < 4.78 is 0. The third kappa shape index (κ3) is 2.08. The monoisotopic (exact) mass is 235 g/mol. The van der Waals surface area contributed by atoms with Crippen molar-refractivity contribution < 1.29 is 0 Å². The van der Waals surface area contributed by atoms with E-state index in [2.05, 4.69) is 58.7 Å². The predicted molar refractivity (Wildman–Crippen MR) is 74.9 cm³/mol. The maximum Gasteiger partial charge on any atom is 0.118 e. The largest absolute Gasteiger partial charge is 0.266 e. The van der Waals surface area contributed by atoms with Gasteiger partial charge in [0.1, 0.15) is 8.07 Å². The van der Waals surface area contributed by atoms with Crippen molar-refractivity contribution in [3.8, 4) is 0 Å². The molecular formula is C14H25NSi. The van der Waals surface area contributed by atoms with Crippen LogP contribution in [0, 0.1) is 0 Å². The molecule has 0 saturated carbocycles. The van der Waals surface area contributed by atoms with Crippen LogP contribution in [-0.4, -0.2) is 13.1 Å². The van der Waals surface area contributed by atoms with Crippen molar-refractivity contribution in [2.24, 2.45) is 0 Å². The lowest BCUT2D eigenvalue weighted by Crippen LogP contribution is -2.56. The highest BCUT2D eigenvalue weighted by molar-refractivity contribution is 6.94. The molecule has 0 aromatic carbocycles. The first-order valence-corrected chi connectivity index (χ1v) is 8.58. The third-order valence-electron chi connectivity index (χ3n) is 3.97. The molecule has 0 aliphatic rings. The zero-order valence-electron chi connectivity index (χ0n) is 11.5. The summed E-state index contributed by atoms with van der Waals surface area (Å²) in [6.07, 6.45) is 1.95. The molecule has 1 rings (SSSR count). The van der Waals surface area contributed by atoms with Gasteiger partial charge in [-0.05, 0) is 28.8 Å². The normalized spacial score (nSPS) is 12.8. The van der Waals surface area contributed by atoms with Gasteiger partial charge in [0.2, 0.25) is 0 Å². The average molecular weight is 235 g/mol. The van der Waals surface area contributed by atoms with Gasteiger partial charge in [-0.1, -0.05) is 47.6 Å². The van der Waals surface area contributed by atoms with Gasteiger partial charge in [-0.15, -0.1) is 0 Å². The Bertz CT molecular complexity index is 295. The fourth-order valence-electron chi connectivity index (χ4n) is 3.51. The standard InChI is InChI=1S/C14H25NSi/c1-11(2)16(12(3)4,13(5)6)14-9-7-8-10-15-14/h7-13H,1-6H3. The smallest absolute Gasteiger partial charge is 0.118 e. The maximum absolute atomic E-state index is 4.68. The summed E-state index contributed by atoms with van der Waals surface area (Å²) in [5.74, 6) is 0. The molecule has 0 aliphatic heterocycles. The first-order chi connectivity index (χ1) is 7.44. The molecule has 0 bridgehead atoms. The first-order valence-electron chi connectivity index (χ1n) is 6.35. The highest BCUT2D eigenvalue weighted by atomic mass is 28.3. The summed E-state index contributed by atoms with van der Waals surface area (Å²) in [4.78, 5) is 4.68. The summed E-state index contributed by atoms with van der Waals surface area (Å²) in [7, 11) is -1.51. The second kappa shape index (κ2) is 5.13. The van der Waals surface area contributed by atoms with Crippen molar-refractivity contribution in [3.63, 3.8) is 0 Å². The quantitative estimate of drug-likeness (QED) is 0.720. The molecule has 0 unspecified atom stereocenters. The van der Waals surface area contributed by atoms with Gasteiger partial charge in [0.25, 0.3) is 0 Å². The highest BCUT2D eigenvalue weighted by Gasteiger charge is 2.45. The van der Waals surface area contributed by atoms with Crippen molar-refractivity contribution >= 4 is 13.4 Å². The zero-order chi connectivity index (χ0) is 12.3. The molecule has 2 heteroatoms. The summed E-state index contributed by atoms with van der Waals surface area (Å²) in [5.41, 5.74) is 2.22. The van der Waals surface area contributed by atoms with E-state index in [1.807, 2.05) is 12.3 Å². The van der Waals surface area contributed by atoms with E-state index < -0.39 is 8.07 Å². The minimum atomic E-state index is -1.51. The van der Waals surface area contributed by atoms with Crippen LogP contribution in [0.25, 0.3) is 0 Å². The van der Waals surface area contributed by atoms with Crippen LogP contribution in [0.1, 0.15) is 41.5 Å². The molecule has 1 nitrogen and oxygen atoms in total. The van der Waals surface area contributed by atoms with Crippen LogP contribution < -0.4 is 5.32 Å². The van der Waals surface area contributed by atoms with Gasteiger partial charge in [-0.25, -0.2) is 0 Å². The van der Waals surface area contributed by atoms with Crippen LogP contribution in [0.15, 0.2) is 24.4 Å². The van der Waals surface area contributed by atoms with E-state index in [0.717, 1.165) is 16.6 Å². The molecule has 16 heavy (non-hydrogen) atoms. The Morgan fingerprint density at radius 2 is 1.38 bits per heavy atom. The Labute approximate surface area is 101 Å².